The lowest BCUT2D eigenvalue weighted by Crippen LogP contribution is -2.36. The van der Waals surface area contributed by atoms with Crippen LogP contribution in [0, 0.1) is 0 Å². The lowest BCUT2D eigenvalue weighted by molar-refractivity contribution is -0.120. The molecule has 2 rings (SSSR count). The van der Waals surface area contributed by atoms with Crippen LogP contribution in [-0.4, -0.2) is 49.4 Å². The van der Waals surface area contributed by atoms with Gasteiger partial charge in [-0.05, 0) is 24.1 Å². The summed E-state index contributed by atoms with van der Waals surface area (Å²) in [6.45, 7) is 4.16. The molecule has 24 heavy (non-hydrogen) atoms. The molecular weight excluding hydrogens is 308 g/mol. The Hall–Kier alpha value is -2.25. The van der Waals surface area contributed by atoms with Crippen LogP contribution in [0.4, 0.5) is 0 Å². The number of carbonyl (C=O) groups is 1. The van der Waals surface area contributed by atoms with Crippen LogP contribution in [-0.2, 0) is 22.4 Å². The van der Waals surface area contributed by atoms with Gasteiger partial charge in [-0.25, -0.2) is 0 Å². The fourth-order valence-electron chi connectivity index (χ4n) is 2.11. The Bertz CT molecular complexity index is 625. The summed E-state index contributed by atoms with van der Waals surface area (Å²) in [6, 6.07) is 7.93. The average molecular weight is 332 g/mol. The van der Waals surface area contributed by atoms with E-state index in [-0.39, 0.29) is 5.91 Å². The first-order chi connectivity index (χ1) is 11.7. The molecule has 1 amide bonds. The van der Waals surface area contributed by atoms with Crippen LogP contribution >= 0.6 is 0 Å². The van der Waals surface area contributed by atoms with Crippen molar-refractivity contribution >= 4 is 5.91 Å². The molecule has 7 nitrogen and oxygen atoms in total. The van der Waals surface area contributed by atoms with Gasteiger partial charge in [-0.2, -0.15) is 4.98 Å². The van der Waals surface area contributed by atoms with E-state index in [1.54, 1.807) is 7.11 Å². The summed E-state index contributed by atoms with van der Waals surface area (Å²) in [7, 11) is 1.63. The molecule has 1 aromatic carbocycles. The Balaban J connectivity index is 1.73. The topological polar surface area (TPSA) is 89.3 Å². The van der Waals surface area contributed by atoms with Gasteiger partial charge in [0.05, 0.1) is 13.2 Å². The first-order valence-corrected chi connectivity index (χ1v) is 8.11. The lowest BCUT2D eigenvalue weighted by Gasteiger charge is -2.07. The number of carbonyl (C=O) groups excluding carboxylic acids is 1. The first-order valence-electron chi connectivity index (χ1n) is 8.11. The molecule has 0 aliphatic heterocycles. The number of nitrogens with zero attached hydrogens (tertiary/aromatic N) is 2. The van der Waals surface area contributed by atoms with E-state index >= 15 is 0 Å². The minimum Gasteiger partial charge on any atom is -0.383 e. The third-order valence-electron chi connectivity index (χ3n) is 3.49. The highest BCUT2D eigenvalue weighted by atomic mass is 16.5. The molecule has 0 saturated carbocycles. The molecule has 2 N–H and O–H groups in total. The second-order valence-corrected chi connectivity index (χ2v) is 5.34. The largest absolute Gasteiger partial charge is 0.383 e. The lowest BCUT2D eigenvalue weighted by atomic mass is 10.1. The van der Waals surface area contributed by atoms with E-state index in [4.69, 9.17) is 9.26 Å². The molecule has 0 aliphatic carbocycles. The van der Waals surface area contributed by atoms with Crippen molar-refractivity contribution in [1.82, 2.24) is 20.8 Å². The Labute approximate surface area is 141 Å². The summed E-state index contributed by atoms with van der Waals surface area (Å²) in [5, 5.41) is 9.78. The number of ether oxygens (including phenoxy) is 1. The fraction of sp³-hybridized carbons (Fsp3) is 0.471. The van der Waals surface area contributed by atoms with Crippen LogP contribution in [0.15, 0.2) is 28.8 Å². The molecule has 130 valence electrons. The maximum Gasteiger partial charge on any atom is 0.257 e. The number of nitrogens with one attached hydrogen (secondary N) is 2. The average Bonchev–Trinajstić information content (AvgIpc) is 3.08. The summed E-state index contributed by atoms with van der Waals surface area (Å²) in [5.74, 6) is 1.23. The van der Waals surface area contributed by atoms with Crippen LogP contribution < -0.4 is 10.6 Å². The highest BCUT2D eigenvalue weighted by Crippen LogP contribution is 2.18. The van der Waals surface area contributed by atoms with Crippen molar-refractivity contribution in [3.63, 3.8) is 0 Å². The van der Waals surface area contributed by atoms with E-state index in [0.29, 0.717) is 38.0 Å². The van der Waals surface area contributed by atoms with Crippen molar-refractivity contribution in [3.05, 3.63) is 35.7 Å². The van der Waals surface area contributed by atoms with Crippen molar-refractivity contribution in [2.75, 3.05) is 33.4 Å². The van der Waals surface area contributed by atoms with E-state index in [0.717, 1.165) is 24.0 Å². The number of amides is 1. The van der Waals surface area contributed by atoms with Gasteiger partial charge < -0.3 is 19.9 Å². The molecule has 2 aromatic rings. The number of hydrogen-bond acceptors (Lipinski definition) is 6. The molecule has 7 heteroatoms. The van der Waals surface area contributed by atoms with Gasteiger partial charge in [-0.15, -0.1) is 0 Å². The third-order valence-corrected chi connectivity index (χ3v) is 3.49. The highest BCUT2D eigenvalue weighted by Gasteiger charge is 2.07. The number of rotatable bonds is 10. The normalized spacial score (nSPS) is 10.8. The summed E-state index contributed by atoms with van der Waals surface area (Å²) in [5.41, 5.74) is 2.04. The quantitative estimate of drug-likeness (QED) is 0.635. The molecule has 0 fully saturated rings. The smallest absolute Gasteiger partial charge is 0.257 e. The maximum atomic E-state index is 11.6. The molecular formula is C17H24N4O3. The summed E-state index contributed by atoms with van der Waals surface area (Å²) in [6.07, 6.45) is 1.52. The molecule has 0 atom stereocenters. The van der Waals surface area contributed by atoms with Gasteiger partial charge in [-0.1, -0.05) is 24.2 Å². The summed E-state index contributed by atoms with van der Waals surface area (Å²) >= 11 is 0. The molecule has 0 unspecified atom stereocenters. The minimum absolute atomic E-state index is 0.0133. The van der Waals surface area contributed by atoms with Crippen LogP contribution in [0.2, 0.25) is 0 Å². The summed E-state index contributed by atoms with van der Waals surface area (Å²) < 4.78 is 10.1. The Morgan fingerprint density at radius 3 is 2.71 bits per heavy atom. The number of methoxy groups -OCH3 is 1. The van der Waals surface area contributed by atoms with Crippen molar-refractivity contribution in [1.29, 1.82) is 0 Å². The predicted molar refractivity (Wildman–Crippen MR) is 90.6 cm³/mol. The minimum atomic E-state index is -0.0133. The zero-order valence-corrected chi connectivity index (χ0v) is 14.2. The van der Waals surface area contributed by atoms with Crippen LogP contribution in [0.1, 0.15) is 18.3 Å². The standard InChI is InChI=1S/C17H24N4O3/c1-3-15-20-17(24-21-15)14-6-4-13(5-7-14)8-9-19-16(22)12-18-10-11-23-2/h4-7,18H,3,8-12H2,1-2H3,(H,19,22). The van der Waals surface area contributed by atoms with Gasteiger partial charge in [-0.3, -0.25) is 4.79 Å². The van der Waals surface area contributed by atoms with E-state index in [2.05, 4.69) is 20.8 Å². The van der Waals surface area contributed by atoms with E-state index in [1.807, 2.05) is 31.2 Å². The molecule has 0 bridgehead atoms. The molecule has 0 radical (unpaired) electrons. The van der Waals surface area contributed by atoms with E-state index in [1.165, 1.54) is 0 Å². The van der Waals surface area contributed by atoms with Crippen LogP contribution in [0.3, 0.4) is 0 Å². The summed E-state index contributed by atoms with van der Waals surface area (Å²) in [4.78, 5) is 15.9. The second-order valence-electron chi connectivity index (χ2n) is 5.34. The Kier molecular flexibility index (Phi) is 7.38. The zero-order chi connectivity index (χ0) is 17.2. The monoisotopic (exact) mass is 332 g/mol. The number of aryl methyl sites for hydroxylation is 1. The van der Waals surface area contributed by atoms with Crippen molar-refractivity contribution in [2.45, 2.75) is 19.8 Å². The molecule has 0 spiro atoms. The molecule has 0 saturated heterocycles. The number of benzene rings is 1. The van der Waals surface area contributed by atoms with Crippen molar-refractivity contribution in [2.24, 2.45) is 0 Å². The van der Waals surface area contributed by atoms with Crippen LogP contribution in [0.25, 0.3) is 11.5 Å². The fourth-order valence-corrected chi connectivity index (χ4v) is 2.11. The Morgan fingerprint density at radius 1 is 1.25 bits per heavy atom. The molecule has 0 aliphatic rings. The molecule has 1 heterocycles. The Morgan fingerprint density at radius 2 is 2.04 bits per heavy atom. The van der Waals surface area contributed by atoms with Crippen molar-refractivity contribution in [3.8, 4) is 11.5 Å². The van der Waals surface area contributed by atoms with Crippen molar-refractivity contribution < 1.29 is 14.1 Å². The van der Waals surface area contributed by atoms with Gasteiger partial charge in [0.25, 0.3) is 5.89 Å². The SMILES string of the molecule is CCc1noc(-c2ccc(CCNC(=O)CNCCOC)cc2)n1. The van der Waals surface area contributed by atoms with Gasteiger partial charge in [0.1, 0.15) is 0 Å². The van der Waals surface area contributed by atoms with E-state index < -0.39 is 0 Å². The second kappa shape index (κ2) is 9.79. The van der Waals surface area contributed by atoms with Crippen LogP contribution in [0.5, 0.6) is 0 Å². The van der Waals surface area contributed by atoms with Gasteiger partial charge in [0.15, 0.2) is 5.82 Å². The highest BCUT2D eigenvalue weighted by molar-refractivity contribution is 5.77. The third kappa shape index (κ3) is 5.75. The molecule has 1 aromatic heterocycles. The van der Waals surface area contributed by atoms with Gasteiger partial charge in [0, 0.05) is 32.2 Å². The maximum absolute atomic E-state index is 11.6. The van der Waals surface area contributed by atoms with E-state index in [9.17, 15) is 4.79 Å². The first kappa shape index (κ1) is 18.1. The zero-order valence-electron chi connectivity index (χ0n) is 14.2. The van der Waals surface area contributed by atoms with Gasteiger partial charge in [0.2, 0.25) is 5.91 Å². The predicted octanol–water partition coefficient (Wildman–Crippen LogP) is 1.19. The number of aromatic nitrogens is 2. The van der Waals surface area contributed by atoms with Gasteiger partial charge >= 0.3 is 0 Å². The number of hydrogen-bond donors (Lipinski definition) is 2.